The molecule has 264 valence electrons. The molecule has 10 aromatic rings. The highest BCUT2D eigenvalue weighted by atomic mass is 28.3. The summed E-state index contributed by atoms with van der Waals surface area (Å²) in [7, 11) is -2.25. The molecule has 3 heteroatoms. The molecular formula is C53H37NOSi. The number of nitrogens with zero attached hydrogens (tertiary/aromatic N) is 1. The van der Waals surface area contributed by atoms with Crippen LogP contribution in [-0.4, -0.2) is 8.07 Å². The maximum absolute atomic E-state index is 6.63. The quantitative estimate of drug-likeness (QED) is 0.168. The molecule has 0 radical (unpaired) electrons. The number of para-hydroxylation sites is 1. The van der Waals surface area contributed by atoms with Gasteiger partial charge in [-0.25, -0.2) is 0 Å². The molecule has 0 bridgehead atoms. The summed E-state index contributed by atoms with van der Waals surface area (Å²) < 4.78 is 6.63. The van der Waals surface area contributed by atoms with Crippen molar-refractivity contribution in [2.75, 3.05) is 4.90 Å². The van der Waals surface area contributed by atoms with E-state index in [1.165, 1.54) is 65.3 Å². The van der Waals surface area contributed by atoms with E-state index in [1.807, 2.05) is 0 Å². The maximum Gasteiger partial charge on any atom is 0.137 e. The van der Waals surface area contributed by atoms with Crippen LogP contribution in [-0.2, 0) is 5.41 Å². The van der Waals surface area contributed by atoms with Gasteiger partial charge in [0.25, 0.3) is 0 Å². The van der Waals surface area contributed by atoms with Crippen LogP contribution in [0, 0.1) is 0 Å². The van der Waals surface area contributed by atoms with Crippen LogP contribution in [0.3, 0.4) is 0 Å². The van der Waals surface area contributed by atoms with E-state index >= 15 is 0 Å². The number of anilines is 3. The number of hydrogen-bond donors (Lipinski definition) is 0. The molecule has 1 atom stereocenters. The van der Waals surface area contributed by atoms with E-state index in [-0.39, 0.29) is 0 Å². The lowest BCUT2D eigenvalue weighted by Crippen LogP contribution is -2.63. The molecule has 1 unspecified atom stereocenters. The molecule has 0 amide bonds. The van der Waals surface area contributed by atoms with Crippen LogP contribution in [0.2, 0.25) is 13.1 Å². The SMILES string of the molecule is C[Si]1(C)c2ccccc2C2(c3ccccc3-c3cccc4cccc2c34)c2ccc(N(c3ccccc3)c3ccc4c(c3)oc3cc5ccccc5cc34)cc21. The van der Waals surface area contributed by atoms with Crippen LogP contribution in [0.4, 0.5) is 17.1 Å². The molecule has 0 N–H and O–H groups in total. The molecular weight excluding hydrogens is 695 g/mol. The first-order valence-corrected chi connectivity index (χ1v) is 22.6. The molecule has 12 rings (SSSR count). The summed E-state index contributed by atoms with van der Waals surface area (Å²) in [5.74, 6) is 0. The van der Waals surface area contributed by atoms with Gasteiger partial charge in [-0.15, -0.1) is 0 Å². The van der Waals surface area contributed by atoms with E-state index < -0.39 is 13.5 Å². The summed E-state index contributed by atoms with van der Waals surface area (Å²) in [5, 5.41) is 10.3. The summed E-state index contributed by atoms with van der Waals surface area (Å²) >= 11 is 0. The van der Waals surface area contributed by atoms with Gasteiger partial charge in [0.05, 0.1) is 5.41 Å². The fraction of sp³-hybridized carbons (Fsp3) is 0.0566. The molecule has 2 nitrogen and oxygen atoms in total. The highest BCUT2D eigenvalue weighted by Crippen LogP contribution is 2.56. The summed E-state index contributed by atoms with van der Waals surface area (Å²) in [6, 6.07) is 70.1. The lowest BCUT2D eigenvalue weighted by Gasteiger charge is -2.50. The van der Waals surface area contributed by atoms with Crippen LogP contribution in [0.1, 0.15) is 22.3 Å². The van der Waals surface area contributed by atoms with Crippen LogP contribution in [0.15, 0.2) is 192 Å². The topological polar surface area (TPSA) is 16.4 Å². The van der Waals surface area contributed by atoms with Crippen LogP contribution >= 0.6 is 0 Å². The van der Waals surface area contributed by atoms with E-state index in [0.717, 1.165) is 39.0 Å². The van der Waals surface area contributed by atoms with Gasteiger partial charge in [0.1, 0.15) is 19.2 Å². The standard InChI is InChI=1S/C53H37NOSi/c1-56(2)50-25-11-10-23-45(50)53(44-22-9-8-20-40(44)42-21-12-16-34-17-13-24-47(53)52(34)42)46-29-27-39(33-51(46)56)54(37-18-4-3-5-19-37)38-26-28-41-43-30-35-14-6-7-15-36(35)31-48(43)55-49(41)32-38/h3-33H,1-2H3. The molecule has 1 aliphatic heterocycles. The Morgan fingerprint density at radius 1 is 0.411 bits per heavy atom. The van der Waals surface area contributed by atoms with Crippen molar-refractivity contribution in [3.8, 4) is 11.1 Å². The van der Waals surface area contributed by atoms with E-state index in [1.54, 1.807) is 0 Å². The first-order chi connectivity index (χ1) is 27.5. The summed E-state index contributed by atoms with van der Waals surface area (Å²) in [5.41, 5.74) is 12.9. The van der Waals surface area contributed by atoms with Crippen molar-refractivity contribution in [2.24, 2.45) is 0 Å². The number of rotatable bonds is 3. The Morgan fingerprint density at radius 3 is 1.88 bits per heavy atom. The van der Waals surface area contributed by atoms with Gasteiger partial charge >= 0.3 is 0 Å². The predicted octanol–water partition coefficient (Wildman–Crippen LogP) is 12.9. The van der Waals surface area contributed by atoms with Crippen molar-refractivity contribution in [3.63, 3.8) is 0 Å². The van der Waals surface area contributed by atoms with Crippen molar-refractivity contribution < 1.29 is 4.42 Å². The van der Waals surface area contributed by atoms with Gasteiger partial charge < -0.3 is 9.32 Å². The van der Waals surface area contributed by atoms with Gasteiger partial charge in [-0.2, -0.15) is 0 Å². The molecule has 1 aliphatic carbocycles. The first kappa shape index (κ1) is 31.6. The zero-order chi connectivity index (χ0) is 37.2. The van der Waals surface area contributed by atoms with Crippen LogP contribution in [0.5, 0.6) is 0 Å². The molecule has 2 aliphatic rings. The molecule has 0 saturated heterocycles. The minimum atomic E-state index is -2.25. The Bertz CT molecular complexity index is 3240. The predicted molar refractivity (Wildman–Crippen MR) is 237 cm³/mol. The van der Waals surface area contributed by atoms with Gasteiger partial charge in [-0.05, 0) is 114 Å². The normalized spacial score (nSPS) is 16.2. The van der Waals surface area contributed by atoms with E-state index in [9.17, 15) is 0 Å². The van der Waals surface area contributed by atoms with Gasteiger partial charge in [0.15, 0.2) is 0 Å². The Balaban J connectivity index is 1.13. The zero-order valence-corrected chi connectivity index (χ0v) is 32.3. The van der Waals surface area contributed by atoms with Crippen molar-refractivity contribution in [1.29, 1.82) is 0 Å². The third-order valence-electron chi connectivity index (χ3n) is 12.9. The summed E-state index contributed by atoms with van der Waals surface area (Å²) in [6.45, 7) is 5.09. The third-order valence-corrected chi connectivity index (χ3v) is 16.4. The Kier molecular flexibility index (Phi) is 6.45. The van der Waals surface area contributed by atoms with Crippen molar-refractivity contribution in [3.05, 3.63) is 210 Å². The number of hydrogen-bond acceptors (Lipinski definition) is 2. The minimum absolute atomic E-state index is 0.467. The smallest absolute Gasteiger partial charge is 0.137 e. The molecule has 1 aromatic heterocycles. The minimum Gasteiger partial charge on any atom is -0.456 e. The highest BCUT2D eigenvalue weighted by molar-refractivity contribution is 7.01. The molecule has 0 saturated carbocycles. The van der Waals surface area contributed by atoms with Gasteiger partial charge in [0, 0.05) is 33.9 Å². The average molecular weight is 732 g/mol. The summed E-state index contributed by atoms with van der Waals surface area (Å²) in [4.78, 5) is 2.41. The molecule has 9 aromatic carbocycles. The lowest BCUT2D eigenvalue weighted by molar-refractivity contribution is 0.669. The first-order valence-electron chi connectivity index (χ1n) is 19.6. The lowest BCUT2D eigenvalue weighted by atomic mass is 9.59. The highest BCUT2D eigenvalue weighted by Gasteiger charge is 2.52. The van der Waals surface area contributed by atoms with Crippen LogP contribution in [0.25, 0.3) is 54.6 Å². The molecule has 2 heterocycles. The number of benzene rings is 9. The van der Waals surface area contributed by atoms with E-state index in [0.29, 0.717) is 0 Å². The van der Waals surface area contributed by atoms with E-state index in [4.69, 9.17) is 4.42 Å². The molecule has 0 fully saturated rings. The van der Waals surface area contributed by atoms with Gasteiger partial charge in [0.2, 0.25) is 0 Å². The Labute approximate surface area is 326 Å². The average Bonchev–Trinajstić information content (AvgIpc) is 3.60. The number of fused-ring (bicyclic) bond motifs is 12. The van der Waals surface area contributed by atoms with E-state index in [2.05, 4.69) is 206 Å². The summed E-state index contributed by atoms with van der Waals surface area (Å²) in [6.07, 6.45) is 0. The van der Waals surface area contributed by atoms with Crippen LogP contribution < -0.4 is 15.3 Å². The van der Waals surface area contributed by atoms with Gasteiger partial charge in [-0.3, -0.25) is 0 Å². The maximum atomic E-state index is 6.63. The number of furan rings is 1. The molecule has 1 spiro atoms. The second-order valence-electron chi connectivity index (χ2n) is 16.1. The van der Waals surface area contributed by atoms with Crippen molar-refractivity contribution in [1.82, 2.24) is 0 Å². The van der Waals surface area contributed by atoms with Gasteiger partial charge in [-0.1, -0.05) is 147 Å². The zero-order valence-electron chi connectivity index (χ0n) is 31.3. The van der Waals surface area contributed by atoms with Crippen molar-refractivity contribution in [2.45, 2.75) is 18.5 Å². The third kappa shape index (κ3) is 4.15. The second kappa shape index (κ2) is 11.4. The Morgan fingerprint density at radius 2 is 1.02 bits per heavy atom. The second-order valence-corrected chi connectivity index (χ2v) is 20.4. The fourth-order valence-electron chi connectivity index (χ4n) is 10.4. The fourth-order valence-corrected chi connectivity index (χ4v) is 13.6. The van der Waals surface area contributed by atoms with Crippen molar-refractivity contribution >= 4 is 79.0 Å². The Hall–Kier alpha value is -6.68. The largest absolute Gasteiger partial charge is 0.456 e. The monoisotopic (exact) mass is 731 g/mol. The molecule has 56 heavy (non-hydrogen) atoms.